The number of nitrogens with zero attached hydrogens (tertiary/aromatic N) is 1. The van der Waals surface area contributed by atoms with Crippen LogP contribution in [0.5, 0.6) is 0 Å². The molecule has 0 aliphatic carbocycles. The predicted octanol–water partition coefficient (Wildman–Crippen LogP) is 4.27. The van der Waals surface area contributed by atoms with E-state index in [9.17, 15) is 0 Å². The van der Waals surface area contributed by atoms with Gasteiger partial charge in [0.05, 0.1) is 0 Å². The van der Waals surface area contributed by atoms with E-state index in [-0.39, 0.29) is 0 Å². The smallest absolute Gasteiger partial charge is 0.0136 e. The highest BCUT2D eigenvalue weighted by molar-refractivity contribution is 5.16. The molecule has 0 amide bonds. The van der Waals surface area contributed by atoms with Crippen molar-refractivity contribution in [3.05, 3.63) is 35.9 Å². The van der Waals surface area contributed by atoms with E-state index in [1.165, 1.54) is 63.6 Å². The van der Waals surface area contributed by atoms with E-state index in [0.717, 1.165) is 6.04 Å². The van der Waals surface area contributed by atoms with Crippen LogP contribution in [0.4, 0.5) is 0 Å². The summed E-state index contributed by atoms with van der Waals surface area (Å²) in [6.07, 6.45) is 9.53. The van der Waals surface area contributed by atoms with Crippen LogP contribution in [-0.2, 0) is 6.42 Å². The second-order valence-electron chi connectivity index (χ2n) is 5.58. The Bertz CT molecular complexity index is 314. The van der Waals surface area contributed by atoms with Crippen LogP contribution >= 0.6 is 0 Å². The van der Waals surface area contributed by atoms with E-state index < -0.39 is 0 Å². The standard InChI is InChI=1S/C17H27N/c1-2-3-5-12-17(18-13-8-9-14-18)15-16-10-6-4-7-11-16/h4,6-7,10-11,17H,2-3,5,8-9,12-15H2,1H3. The Morgan fingerprint density at radius 1 is 1.06 bits per heavy atom. The first-order valence-corrected chi connectivity index (χ1v) is 7.68. The third-order valence-corrected chi connectivity index (χ3v) is 4.11. The summed E-state index contributed by atoms with van der Waals surface area (Å²) in [6.45, 7) is 4.94. The Morgan fingerprint density at radius 3 is 2.44 bits per heavy atom. The number of unbranched alkanes of at least 4 members (excludes halogenated alkanes) is 2. The molecule has 0 bridgehead atoms. The molecule has 100 valence electrons. The molecule has 1 nitrogen and oxygen atoms in total. The minimum atomic E-state index is 0.779. The highest BCUT2D eigenvalue weighted by Gasteiger charge is 2.21. The summed E-state index contributed by atoms with van der Waals surface area (Å²) >= 11 is 0. The zero-order valence-corrected chi connectivity index (χ0v) is 11.8. The lowest BCUT2D eigenvalue weighted by Gasteiger charge is -2.27. The van der Waals surface area contributed by atoms with Gasteiger partial charge in [-0.3, -0.25) is 0 Å². The van der Waals surface area contributed by atoms with Crippen molar-refractivity contribution in [2.45, 2.75) is 57.9 Å². The van der Waals surface area contributed by atoms with E-state index >= 15 is 0 Å². The second kappa shape index (κ2) is 7.58. The van der Waals surface area contributed by atoms with Crippen LogP contribution in [0.1, 0.15) is 51.0 Å². The third kappa shape index (κ3) is 4.13. The molecule has 0 saturated carbocycles. The Kier molecular flexibility index (Phi) is 5.73. The maximum absolute atomic E-state index is 2.72. The van der Waals surface area contributed by atoms with Gasteiger partial charge in [-0.1, -0.05) is 56.5 Å². The van der Waals surface area contributed by atoms with E-state index in [4.69, 9.17) is 0 Å². The second-order valence-corrected chi connectivity index (χ2v) is 5.58. The largest absolute Gasteiger partial charge is 0.300 e. The summed E-state index contributed by atoms with van der Waals surface area (Å²) in [5, 5.41) is 0. The number of hydrogen-bond donors (Lipinski definition) is 0. The lowest BCUT2D eigenvalue weighted by atomic mass is 9.99. The zero-order chi connectivity index (χ0) is 12.6. The van der Waals surface area contributed by atoms with Gasteiger partial charge in [0.15, 0.2) is 0 Å². The first kappa shape index (κ1) is 13.6. The first-order valence-electron chi connectivity index (χ1n) is 7.68. The maximum Gasteiger partial charge on any atom is 0.0136 e. The highest BCUT2D eigenvalue weighted by Crippen LogP contribution is 2.20. The molecule has 0 N–H and O–H groups in total. The Hall–Kier alpha value is -0.820. The molecular weight excluding hydrogens is 218 g/mol. The molecule has 1 fully saturated rings. The fourth-order valence-corrected chi connectivity index (χ4v) is 3.04. The van der Waals surface area contributed by atoms with Gasteiger partial charge < -0.3 is 4.90 Å². The summed E-state index contributed by atoms with van der Waals surface area (Å²) < 4.78 is 0. The molecule has 1 saturated heterocycles. The lowest BCUT2D eigenvalue weighted by Crippen LogP contribution is -2.34. The molecular formula is C17H27N. The number of hydrogen-bond acceptors (Lipinski definition) is 1. The van der Waals surface area contributed by atoms with Crippen LogP contribution in [0.3, 0.4) is 0 Å². The van der Waals surface area contributed by atoms with E-state index in [1.807, 2.05) is 0 Å². The van der Waals surface area contributed by atoms with Crippen molar-refractivity contribution < 1.29 is 0 Å². The maximum atomic E-state index is 2.72. The first-order chi connectivity index (χ1) is 8.90. The molecule has 1 atom stereocenters. The van der Waals surface area contributed by atoms with Gasteiger partial charge in [0, 0.05) is 6.04 Å². The third-order valence-electron chi connectivity index (χ3n) is 4.11. The fourth-order valence-electron chi connectivity index (χ4n) is 3.04. The molecule has 0 spiro atoms. The van der Waals surface area contributed by atoms with Gasteiger partial charge >= 0.3 is 0 Å². The molecule has 2 rings (SSSR count). The summed E-state index contributed by atoms with van der Waals surface area (Å²) in [7, 11) is 0. The van der Waals surface area contributed by atoms with Crippen molar-refractivity contribution >= 4 is 0 Å². The summed E-state index contributed by atoms with van der Waals surface area (Å²) in [5.41, 5.74) is 1.51. The summed E-state index contributed by atoms with van der Waals surface area (Å²) in [5.74, 6) is 0. The van der Waals surface area contributed by atoms with Crippen molar-refractivity contribution in [3.8, 4) is 0 Å². The molecule has 1 aliphatic heterocycles. The lowest BCUT2D eigenvalue weighted by molar-refractivity contribution is 0.224. The van der Waals surface area contributed by atoms with Crippen LogP contribution in [0.15, 0.2) is 30.3 Å². The number of rotatable bonds is 7. The molecule has 1 unspecified atom stereocenters. The molecule has 1 aromatic carbocycles. The zero-order valence-electron chi connectivity index (χ0n) is 11.8. The Labute approximate surface area is 112 Å². The average molecular weight is 245 g/mol. The van der Waals surface area contributed by atoms with Crippen LogP contribution in [-0.4, -0.2) is 24.0 Å². The van der Waals surface area contributed by atoms with Crippen LogP contribution < -0.4 is 0 Å². The van der Waals surface area contributed by atoms with Crippen molar-refractivity contribution in [2.24, 2.45) is 0 Å². The normalized spacial score (nSPS) is 18.1. The van der Waals surface area contributed by atoms with Crippen molar-refractivity contribution in [2.75, 3.05) is 13.1 Å². The van der Waals surface area contributed by atoms with Crippen molar-refractivity contribution in [3.63, 3.8) is 0 Å². The topological polar surface area (TPSA) is 3.24 Å². The SMILES string of the molecule is CCCCCC(Cc1ccccc1)N1CCCC1. The van der Waals surface area contributed by atoms with Gasteiger partial charge in [-0.05, 0) is 44.3 Å². The Balaban J connectivity index is 1.90. The monoisotopic (exact) mass is 245 g/mol. The minimum absolute atomic E-state index is 0.779. The van der Waals surface area contributed by atoms with Crippen LogP contribution in [0.2, 0.25) is 0 Å². The van der Waals surface area contributed by atoms with Crippen LogP contribution in [0, 0.1) is 0 Å². The molecule has 0 radical (unpaired) electrons. The highest BCUT2D eigenvalue weighted by atomic mass is 15.2. The van der Waals surface area contributed by atoms with Crippen molar-refractivity contribution in [1.82, 2.24) is 4.90 Å². The van der Waals surface area contributed by atoms with Crippen molar-refractivity contribution in [1.29, 1.82) is 0 Å². The minimum Gasteiger partial charge on any atom is -0.300 e. The van der Waals surface area contributed by atoms with Gasteiger partial charge in [0.25, 0.3) is 0 Å². The van der Waals surface area contributed by atoms with E-state index in [1.54, 1.807) is 0 Å². The fraction of sp³-hybridized carbons (Fsp3) is 0.647. The van der Waals surface area contributed by atoms with Gasteiger partial charge in [0.2, 0.25) is 0 Å². The molecule has 1 aromatic rings. The quantitative estimate of drug-likeness (QED) is 0.648. The molecule has 1 aliphatic rings. The summed E-state index contributed by atoms with van der Waals surface area (Å²) in [4.78, 5) is 2.72. The van der Waals surface area contributed by atoms with E-state index in [2.05, 4.69) is 42.2 Å². The molecule has 1 heteroatoms. The number of likely N-dealkylation sites (tertiary alicyclic amines) is 1. The van der Waals surface area contributed by atoms with E-state index in [0.29, 0.717) is 0 Å². The Morgan fingerprint density at radius 2 is 1.78 bits per heavy atom. The van der Waals surface area contributed by atoms with Gasteiger partial charge in [-0.15, -0.1) is 0 Å². The van der Waals surface area contributed by atoms with Crippen LogP contribution in [0.25, 0.3) is 0 Å². The molecule has 18 heavy (non-hydrogen) atoms. The number of benzene rings is 1. The average Bonchev–Trinajstić information content (AvgIpc) is 2.93. The van der Waals surface area contributed by atoms with Gasteiger partial charge in [0.1, 0.15) is 0 Å². The molecule has 0 aromatic heterocycles. The van der Waals surface area contributed by atoms with Gasteiger partial charge in [-0.25, -0.2) is 0 Å². The van der Waals surface area contributed by atoms with Gasteiger partial charge in [-0.2, -0.15) is 0 Å². The summed E-state index contributed by atoms with van der Waals surface area (Å²) in [6, 6.07) is 11.8. The predicted molar refractivity (Wildman–Crippen MR) is 78.9 cm³/mol. The molecule has 1 heterocycles.